The summed E-state index contributed by atoms with van der Waals surface area (Å²) in [6, 6.07) is 7.02. The molecule has 1 saturated carbocycles. The molecule has 1 heterocycles. The fourth-order valence-electron chi connectivity index (χ4n) is 2.52. The van der Waals surface area contributed by atoms with Crippen LogP contribution in [0.5, 0.6) is 5.75 Å². The van der Waals surface area contributed by atoms with Crippen molar-refractivity contribution in [1.82, 2.24) is 5.32 Å². The first-order valence-electron chi connectivity index (χ1n) is 7.01. The van der Waals surface area contributed by atoms with Crippen LogP contribution in [0.3, 0.4) is 0 Å². The maximum atomic E-state index is 5.34. The van der Waals surface area contributed by atoms with Crippen LogP contribution in [0.15, 0.2) is 18.2 Å². The Labute approximate surface area is 118 Å². The summed E-state index contributed by atoms with van der Waals surface area (Å²) in [4.78, 5) is 1.51. The van der Waals surface area contributed by atoms with E-state index in [1.165, 1.54) is 27.8 Å². The second-order valence-corrected chi connectivity index (χ2v) is 6.75. The van der Waals surface area contributed by atoms with Crippen molar-refractivity contribution in [3.05, 3.63) is 28.6 Å². The molecule has 1 aromatic carbocycles. The highest BCUT2D eigenvalue weighted by atomic mass is 32.1. The highest BCUT2D eigenvalue weighted by Crippen LogP contribution is 2.48. The van der Waals surface area contributed by atoms with E-state index in [2.05, 4.69) is 37.4 Å². The summed E-state index contributed by atoms with van der Waals surface area (Å²) in [6.45, 7) is 5.39. The van der Waals surface area contributed by atoms with E-state index in [1.807, 2.05) is 11.3 Å². The minimum Gasteiger partial charge on any atom is -0.497 e. The van der Waals surface area contributed by atoms with Crippen LogP contribution >= 0.6 is 11.3 Å². The van der Waals surface area contributed by atoms with Gasteiger partial charge in [-0.05, 0) is 47.9 Å². The third kappa shape index (κ3) is 2.63. The van der Waals surface area contributed by atoms with E-state index in [9.17, 15) is 0 Å². The summed E-state index contributed by atoms with van der Waals surface area (Å²) in [5, 5.41) is 4.99. The van der Waals surface area contributed by atoms with Crippen molar-refractivity contribution in [2.24, 2.45) is 0 Å². The van der Waals surface area contributed by atoms with Crippen molar-refractivity contribution in [3.8, 4) is 5.75 Å². The number of nitrogens with one attached hydrogen (secondary N) is 1. The van der Waals surface area contributed by atoms with Crippen LogP contribution < -0.4 is 10.1 Å². The molecule has 0 amide bonds. The van der Waals surface area contributed by atoms with Gasteiger partial charge in [0.1, 0.15) is 5.75 Å². The molecular weight excluding hydrogens is 254 g/mol. The molecule has 0 unspecified atom stereocenters. The van der Waals surface area contributed by atoms with E-state index >= 15 is 0 Å². The Morgan fingerprint density at radius 1 is 1.37 bits per heavy atom. The third-order valence-electron chi connectivity index (χ3n) is 3.67. The lowest BCUT2D eigenvalue weighted by molar-refractivity contribution is 0.415. The molecule has 1 N–H and O–H groups in total. The molecule has 0 radical (unpaired) electrons. The van der Waals surface area contributed by atoms with Gasteiger partial charge in [-0.2, -0.15) is 0 Å². The number of thiophene rings is 1. The monoisotopic (exact) mass is 275 g/mol. The first-order valence-corrected chi connectivity index (χ1v) is 7.83. The molecular formula is C16H21NOS. The minimum atomic E-state index is 0.534. The highest BCUT2D eigenvalue weighted by Gasteiger charge is 2.29. The van der Waals surface area contributed by atoms with E-state index in [0.717, 1.165) is 18.2 Å². The zero-order chi connectivity index (χ0) is 13.4. The van der Waals surface area contributed by atoms with Crippen molar-refractivity contribution in [3.63, 3.8) is 0 Å². The van der Waals surface area contributed by atoms with Gasteiger partial charge in [-0.1, -0.05) is 13.8 Å². The van der Waals surface area contributed by atoms with Crippen molar-refractivity contribution in [2.75, 3.05) is 7.11 Å². The zero-order valence-electron chi connectivity index (χ0n) is 11.8. The Hall–Kier alpha value is -1.06. The average molecular weight is 275 g/mol. The molecule has 0 spiro atoms. The predicted octanol–water partition coefficient (Wildman–Crippen LogP) is 4.29. The smallest absolute Gasteiger partial charge is 0.120 e. The van der Waals surface area contributed by atoms with Gasteiger partial charge in [0.15, 0.2) is 0 Å². The fourth-order valence-corrected chi connectivity index (χ4v) is 3.79. The summed E-state index contributed by atoms with van der Waals surface area (Å²) in [5.41, 5.74) is 1.59. The van der Waals surface area contributed by atoms with Gasteiger partial charge in [0, 0.05) is 22.2 Å². The van der Waals surface area contributed by atoms with Gasteiger partial charge in [0.05, 0.1) is 7.11 Å². The maximum absolute atomic E-state index is 5.34. The second kappa shape index (κ2) is 5.14. The molecule has 3 heteroatoms. The van der Waals surface area contributed by atoms with Crippen LogP contribution in [-0.4, -0.2) is 13.2 Å². The first-order chi connectivity index (χ1) is 9.19. The van der Waals surface area contributed by atoms with Gasteiger partial charge < -0.3 is 10.1 Å². The number of rotatable bonds is 5. The van der Waals surface area contributed by atoms with Gasteiger partial charge >= 0.3 is 0 Å². The topological polar surface area (TPSA) is 21.3 Å². The number of hydrogen-bond donors (Lipinski definition) is 1. The fraction of sp³-hybridized carbons (Fsp3) is 0.500. The zero-order valence-corrected chi connectivity index (χ0v) is 12.6. The highest BCUT2D eigenvalue weighted by molar-refractivity contribution is 7.19. The van der Waals surface area contributed by atoms with Gasteiger partial charge in [0.25, 0.3) is 0 Å². The molecule has 0 saturated heterocycles. The molecule has 2 nitrogen and oxygen atoms in total. The predicted molar refractivity (Wildman–Crippen MR) is 82.3 cm³/mol. The largest absolute Gasteiger partial charge is 0.497 e. The summed E-state index contributed by atoms with van der Waals surface area (Å²) >= 11 is 1.92. The Balaban J connectivity index is 2.01. The van der Waals surface area contributed by atoms with Crippen molar-refractivity contribution < 1.29 is 4.74 Å². The molecule has 1 aliphatic carbocycles. The van der Waals surface area contributed by atoms with Crippen LogP contribution in [0, 0.1) is 0 Å². The molecule has 19 heavy (non-hydrogen) atoms. The van der Waals surface area contributed by atoms with Gasteiger partial charge in [-0.3, -0.25) is 0 Å². The summed E-state index contributed by atoms with van der Waals surface area (Å²) in [6.07, 6.45) is 2.71. The Bertz CT molecular complexity index is 584. The molecule has 1 aromatic heterocycles. The Morgan fingerprint density at radius 3 is 2.79 bits per heavy atom. The van der Waals surface area contributed by atoms with E-state index < -0.39 is 0 Å². The summed E-state index contributed by atoms with van der Waals surface area (Å²) in [5.74, 6) is 1.76. The van der Waals surface area contributed by atoms with E-state index in [-0.39, 0.29) is 0 Å². The lowest BCUT2D eigenvalue weighted by Gasteiger charge is -2.08. The molecule has 1 aliphatic rings. The molecule has 2 aromatic rings. The average Bonchev–Trinajstić information content (AvgIpc) is 3.16. The van der Waals surface area contributed by atoms with Crippen LogP contribution in [0.2, 0.25) is 0 Å². The van der Waals surface area contributed by atoms with E-state index in [1.54, 1.807) is 12.7 Å². The number of ether oxygens (including phenoxy) is 1. The number of methoxy groups -OCH3 is 1. The molecule has 0 atom stereocenters. The Kier molecular flexibility index (Phi) is 3.50. The van der Waals surface area contributed by atoms with E-state index in [0.29, 0.717) is 6.04 Å². The molecule has 0 bridgehead atoms. The number of fused-ring (bicyclic) bond motifs is 1. The van der Waals surface area contributed by atoms with Crippen molar-refractivity contribution >= 4 is 21.4 Å². The molecule has 1 fully saturated rings. The van der Waals surface area contributed by atoms with Crippen LogP contribution in [0.25, 0.3) is 10.1 Å². The lowest BCUT2D eigenvalue weighted by Crippen LogP contribution is -2.21. The maximum Gasteiger partial charge on any atom is 0.120 e. The normalized spacial score (nSPS) is 15.4. The number of benzene rings is 1. The summed E-state index contributed by atoms with van der Waals surface area (Å²) < 4.78 is 6.70. The first kappa shape index (κ1) is 12.9. The SMILES string of the molecule is COc1ccc2c(C3CC3)c(CNC(C)C)sc2c1. The van der Waals surface area contributed by atoms with Crippen molar-refractivity contribution in [2.45, 2.75) is 45.2 Å². The lowest BCUT2D eigenvalue weighted by atomic mass is 10.1. The van der Waals surface area contributed by atoms with Gasteiger partial charge in [-0.25, -0.2) is 0 Å². The van der Waals surface area contributed by atoms with Gasteiger partial charge in [0.2, 0.25) is 0 Å². The quantitative estimate of drug-likeness (QED) is 0.879. The Morgan fingerprint density at radius 2 is 2.16 bits per heavy atom. The van der Waals surface area contributed by atoms with Gasteiger partial charge in [-0.15, -0.1) is 11.3 Å². The molecule has 0 aliphatic heterocycles. The second-order valence-electron chi connectivity index (χ2n) is 5.61. The standard InChI is InChI=1S/C16H21NOS/c1-10(2)17-9-15-16(11-4-5-11)13-7-6-12(18-3)8-14(13)19-15/h6-8,10-11,17H,4-5,9H2,1-3H3. The minimum absolute atomic E-state index is 0.534. The summed E-state index contributed by atoms with van der Waals surface area (Å²) in [7, 11) is 1.73. The number of hydrogen-bond acceptors (Lipinski definition) is 3. The molecule has 102 valence electrons. The van der Waals surface area contributed by atoms with Crippen LogP contribution in [-0.2, 0) is 6.54 Å². The van der Waals surface area contributed by atoms with E-state index in [4.69, 9.17) is 4.74 Å². The van der Waals surface area contributed by atoms with Crippen LogP contribution in [0.1, 0.15) is 43.0 Å². The van der Waals surface area contributed by atoms with Crippen molar-refractivity contribution in [1.29, 1.82) is 0 Å². The molecule has 3 rings (SSSR count). The third-order valence-corrected chi connectivity index (χ3v) is 4.84. The van der Waals surface area contributed by atoms with Crippen LogP contribution in [0.4, 0.5) is 0 Å².